The summed E-state index contributed by atoms with van der Waals surface area (Å²) in [5, 5.41) is 5.57. The van der Waals surface area contributed by atoms with Gasteiger partial charge in [-0.25, -0.2) is 5.57 Å². The standard InChI is InChI=1S/C25H25.C13H21.C3H6.2ClH.Zr/c1-14-12-24(3,4)22-8-16-7-17-9-23-19(15(2)13-25(23,5)6)11-21(17)20(16)10-18(14)22;1-6-10-8-11(7-2)12(9-10)13(3,4)5;1-3-2;;;/h7-13H,1-6H3;9-10H,6-7H2,1-5H3;1-2H3;2*1H;/q2*-1;;;;+2/p-2. The maximum absolute atomic E-state index is 3.57. The quantitative estimate of drug-likeness (QED) is 0.288. The van der Waals surface area contributed by atoms with E-state index in [1.165, 1.54) is 75.7 Å². The number of allylic oxidation sites excluding steroid dienone is 8. The molecule has 0 saturated heterocycles. The van der Waals surface area contributed by atoms with E-state index in [1.54, 1.807) is 24.2 Å². The molecular weight excluding hydrogens is 655 g/mol. The fourth-order valence-electron chi connectivity index (χ4n) is 7.08. The van der Waals surface area contributed by atoms with Gasteiger partial charge in [0.25, 0.3) is 0 Å². The molecule has 0 nitrogen and oxygen atoms in total. The average molecular weight is 707 g/mol. The molecule has 1 unspecified atom stereocenters. The second kappa shape index (κ2) is 14.2. The van der Waals surface area contributed by atoms with Crippen molar-refractivity contribution in [3.63, 3.8) is 0 Å². The van der Waals surface area contributed by atoms with E-state index < -0.39 is 0 Å². The van der Waals surface area contributed by atoms with E-state index in [1.807, 2.05) is 0 Å². The SMILES string of the molecule is CC1=CC(C)(C)c2cc3[cH-]c4cc5c(cc4c3cc21)C(C)=CC5(C)C.CCC1=[C-]C(CC)C=C1C(C)(C)C.C[C](C)=[Zr+2].[Cl-].[Cl-]. The summed E-state index contributed by atoms with van der Waals surface area (Å²) in [6.07, 6.45) is 13.1. The monoisotopic (exact) mass is 704 g/mol. The molecule has 44 heavy (non-hydrogen) atoms. The van der Waals surface area contributed by atoms with Crippen molar-refractivity contribution in [3.8, 4) is 0 Å². The van der Waals surface area contributed by atoms with Gasteiger partial charge in [0.05, 0.1) is 0 Å². The van der Waals surface area contributed by atoms with Crippen molar-refractivity contribution >= 4 is 35.9 Å². The molecule has 0 bridgehead atoms. The van der Waals surface area contributed by atoms with Gasteiger partial charge in [-0.3, -0.25) is 6.08 Å². The van der Waals surface area contributed by atoms with E-state index in [0.717, 1.165) is 6.42 Å². The molecule has 3 aromatic carbocycles. The summed E-state index contributed by atoms with van der Waals surface area (Å²) in [4.78, 5) is 0. The second-order valence-corrected chi connectivity index (χ2v) is 17.5. The number of benzene rings is 2. The number of halogens is 2. The summed E-state index contributed by atoms with van der Waals surface area (Å²) in [7, 11) is 0. The Kier molecular flexibility index (Phi) is 12.5. The van der Waals surface area contributed by atoms with Crippen LogP contribution < -0.4 is 24.8 Å². The minimum Gasteiger partial charge on any atom is -1.00 e. The van der Waals surface area contributed by atoms with Gasteiger partial charge in [0.15, 0.2) is 0 Å². The van der Waals surface area contributed by atoms with Crippen LogP contribution in [0.1, 0.15) is 125 Å². The molecule has 236 valence electrons. The van der Waals surface area contributed by atoms with E-state index in [9.17, 15) is 0 Å². The zero-order valence-electron chi connectivity index (χ0n) is 29.4. The van der Waals surface area contributed by atoms with Crippen LogP contribution in [-0.4, -0.2) is 3.21 Å². The molecule has 3 aromatic rings. The Morgan fingerprint density at radius 3 is 1.55 bits per heavy atom. The van der Waals surface area contributed by atoms with Gasteiger partial charge < -0.3 is 24.8 Å². The Morgan fingerprint density at radius 2 is 1.23 bits per heavy atom. The Hall–Kier alpha value is -1.40. The van der Waals surface area contributed by atoms with Crippen LogP contribution in [0.2, 0.25) is 0 Å². The van der Waals surface area contributed by atoms with Crippen molar-refractivity contribution in [3.05, 3.63) is 88.0 Å². The zero-order chi connectivity index (χ0) is 31.4. The maximum atomic E-state index is 3.57. The molecule has 0 amide bonds. The van der Waals surface area contributed by atoms with Crippen molar-refractivity contribution in [1.82, 2.24) is 0 Å². The van der Waals surface area contributed by atoms with E-state index in [-0.39, 0.29) is 35.6 Å². The van der Waals surface area contributed by atoms with Crippen LogP contribution in [0.15, 0.2) is 59.7 Å². The summed E-state index contributed by atoms with van der Waals surface area (Å²) in [5.74, 6) is 0.573. The Balaban J connectivity index is 0.000000303. The first-order valence-electron chi connectivity index (χ1n) is 15.9. The molecule has 6 rings (SSSR count). The minimum atomic E-state index is 0. The smallest absolute Gasteiger partial charge is 1.00 e. The third-order valence-corrected chi connectivity index (χ3v) is 9.03. The van der Waals surface area contributed by atoms with Crippen molar-refractivity contribution in [2.24, 2.45) is 11.3 Å². The second-order valence-electron chi connectivity index (χ2n) is 15.0. The Morgan fingerprint density at radius 1 is 0.818 bits per heavy atom. The van der Waals surface area contributed by atoms with Gasteiger partial charge >= 0.3 is 41.3 Å². The predicted molar refractivity (Wildman–Crippen MR) is 185 cm³/mol. The molecule has 3 aliphatic rings. The zero-order valence-corrected chi connectivity index (χ0v) is 33.3. The molecule has 0 aliphatic heterocycles. The van der Waals surface area contributed by atoms with Gasteiger partial charge in [0.2, 0.25) is 0 Å². The largest absolute Gasteiger partial charge is 1.00 e. The van der Waals surface area contributed by atoms with Crippen molar-refractivity contribution in [2.75, 3.05) is 0 Å². The Bertz CT molecular complexity index is 1580. The van der Waals surface area contributed by atoms with E-state index in [0.29, 0.717) is 11.3 Å². The van der Waals surface area contributed by atoms with Crippen LogP contribution in [0.25, 0.3) is 32.7 Å². The molecular formula is C41H52Cl2Zr-2. The Labute approximate surface area is 296 Å². The van der Waals surface area contributed by atoms with Crippen molar-refractivity contribution in [1.29, 1.82) is 0 Å². The summed E-state index contributed by atoms with van der Waals surface area (Å²) >= 11 is 1.55. The molecule has 0 N–H and O–H groups in total. The van der Waals surface area contributed by atoms with E-state index in [4.69, 9.17) is 0 Å². The van der Waals surface area contributed by atoms with Crippen LogP contribution in [-0.2, 0) is 35.1 Å². The van der Waals surface area contributed by atoms with Gasteiger partial charge in [-0.1, -0.05) is 122 Å². The van der Waals surface area contributed by atoms with E-state index in [2.05, 4.69) is 145 Å². The summed E-state index contributed by atoms with van der Waals surface area (Å²) < 4.78 is 1.51. The van der Waals surface area contributed by atoms with Gasteiger partial charge in [0.1, 0.15) is 0 Å². The molecule has 0 aromatic heterocycles. The first-order valence-corrected chi connectivity index (χ1v) is 17.1. The molecule has 0 fully saturated rings. The van der Waals surface area contributed by atoms with Crippen molar-refractivity contribution in [2.45, 2.75) is 114 Å². The normalized spacial score (nSPS) is 18.8. The molecule has 0 heterocycles. The van der Waals surface area contributed by atoms with Crippen LogP contribution in [0, 0.1) is 17.4 Å². The first-order chi connectivity index (χ1) is 19.4. The minimum absolute atomic E-state index is 0. The van der Waals surface area contributed by atoms with Crippen molar-refractivity contribution < 1.29 is 49.0 Å². The van der Waals surface area contributed by atoms with Crippen LogP contribution in [0.5, 0.6) is 0 Å². The fraction of sp³-hybridized carbons (Fsp3) is 0.463. The third-order valence-electron chi connectivity index (χ3n) is 9.03. The topological polar surface area (TPSA) is 0 Å². The van der Waals surface area contributed by atoms with Gasteiger partial charge in [0, 0.05) is 10.8 Å². The van der Waals surface area contributed by atoms with Crippen LogP contribution in [0.3, 0.4) is 0 Å². The molecule has 3 aliphatic carbocycles. The maximum Gasteiger partial charge on any atom is -1.00 e. The number of hydrogen-bond donors (Lipinski definition) is 0. The number of fused-ring (bicyclic) bond motifs is 5. The fourth-order valence-corrected chi connectivity index (χ4v) is 7.08. The van der Waals surface area contributed by atoms with Crippen LogP contribution >= 0.6 is 0 Å². The molecule has 3 heteroatoms. The summed E-state index contributed by atoms with van der Waals surface area (Å²) in [6, 6.07) is 12.1. The number of rotatable bonds is 2. The van der Waals surface area contributed by atoms with Gasteiger partial charge in [-0.15, -0.1) is 39.7 Å². The molecule has 0 spiro atoms. The summed E-state index contributed by atoms with van der Waals surface area (Å²) in [6.45, 7) is 29.3. The molecule has 1 atom stereocenters. The molecule has 0 saturated carbocycles. The first kappa shape index (κ1) is 38.8. The third kappa shape index (κ3) is 7.76. The van der Waals surface area contributed by atoms with E-state index >= 15 is 0 Å². The average Bonchev–Trinajstić information content (AvgIpc) is 3.57. The van der Waals surface area contributed by atoms with Gasteiger partial charge in [-0.2, -0.15) is 11.6 Å². The molecule has 0 radical (unpaired) electrons. The van der Waals surface area contributed by atoms with Gasteiger partial charge in [-0.05, 0) is 36.1 Å². The van der Waals surface area contributed by atoms with Crippen LogP contribution in [0.4, 0.5) is 0 Å². The summed E-state index contributed by atoms with van der Waals surface area (Å²) in [5.41, 5.74) is 12.2. The predicted octanol–water partition coefficient (Wildman–Crippen LogP) is 5.99. The number of hydrogen-bond acceptors (Lipinski definition) is 0.